The van der Waals surface area contributed by atoms with E-state index < -0.39 is 0 Å². The number of anilines is 1. The molecule has 0 unspecified atom stereocenters. The van der Waals surface area contributed by atoms with Crippen LogP contribution in [-0.2, 0) is 11.3 Å². The smallest absolute Gasteiger partial charge is 0.255 e. The first-order valence-corrected chi connectivity index (χ1v) is 9.40. The summed E-state index contributed by atoms with van der Waals surface area (Å²) in [5, 5.41) is 13.5. The van der Waals surface area contributed by atoms with Gasteiger partial charge in [-0.05, 0) is 48.9 Å². The maximum absolute atomic E-state index is 12.7. The Morgan fingerprint density at radius 3 is 3.00 bits per heavy atom. The Bertz CT molecular complexity index is 1010. The van der Waals surface area contributed by atoms with Crippen LogP contribution in [0.2, 0.25) is 0 Å². The van der Waals surface area contributed by atoms with Crippen molar-refractivity contribution < 1.29 is 9.59 Å². The number of aromatic nitrogens is 2. The molecule has 0 spiro atoms. The topological polar surface area (TPSA) is 90.1 Å². The van der Waals surface area contributed by atoms with E-state index in [1.54, 1.807) is 13.2 Å². The van der Waals surface area contributed by atoms with E-state index in [1.165, 1.54) is 0 Å². The Kier molecular flexibility index (Phi) is 5.08. The lowest BCUT2D eigenvalue weighted by molar-refractivity contribution is -0.124. The molecule has 0 saturated carbocycles. The van der Waals surface area contributed by atoms with Crippen LogP contribution in [0.4, 0.5) is 5.69 Å². The van der Waals surface area contributed by atoms with E-state index in [4.69, 9.17) is 0 Å². The molecular weight excluding hydrogens is 354 g/mol. The highest BCUT2D eigenvalue weighted by Crippen LogP contribution is 2.20. The number of benzene rings is 2. The number of fused-ring (bicyclic) bond motifs is 1. The first kappa shape index (κ1) is 18.2. The van der Waals surface area contributed by atoms with Gasteiger partial charge in [-0.3, -0.25) is 19.6 Å². The van der Waals surface area contributed by atoms with Crippen LogP contribution in [-0.4, -0.2) is 47.0 Å². The second-order valence-corrected chi connectivity index (χ2v) is 7.16. The Morgan fingerprint density at radius 1 is 1.25 bits per heavy atom. The molecule has 0 bridgehead atoms. The zero-order chi connectivity index (χ0) is 19.5. The van der Waals surface area contributed by atoms with Crippen molar-refractivity contribution >= 4 is 28.4 Å². The molecule has 1 atom stereocenters. The molecule has 2 aromatic carbocycles. The van der Waals surface area contributed by atoms with E-state index in [9.17, 15) is 9.59 Å². The molecular formula is C21H23N5O2. The number of amides is 2. The molecule has 144 valence electrons. The number of carbonyl (C=O) groups excluding carboxylic acids is 2. The maximum atomic E-state index is 12.7. The Hall–Kier alpha value is -3.19. The van der Waals surface area contributed by atoms with Gasteiger partial charge in [-0.2, -0.15) is 5.10 Å². The van der Waals surface area contributed by atoms with Gasteiger partial charge >= 0.3 is 0 Å². The summed E-state index contributed by atoms with van der Waals surface area (Å²) in [6.45, 7) is 2.37. The van der Waals surface area contributed by atoms with Gasteiger partial charge in [0.05, 0.1) is 17.6 Å². The Labute approximate surface area is 163 Å². The third-order valence-electron chi connectivity index (χ3n) is 5.18. The summed E-state index contributed by atoms with van der Waals surface area (Å²) in [6, 6.07) is 13.3. The van der Waals surface area contributed by atoms with Gasteiger partial charge in [0.15, 0.2) is 0 Å². The van der Waals surface area contributed by atoms with Gasteiger partial charge in [-0.15, -0.1) is 0 Å². The van der Waals surface area contributed by atoms with Gasteiger partial charge in [0.2, 0.25) is 5.91 Å². The molecule has 2 heterocycles. The minimum atomic E-state index is -0.144. The average Bonchev–Trinajstić information content (AvgIpc) is 3.36. The van der Waals surface area contributed by atoms with Crippen molar-refractivity contribution in [2.75, 3.05) is 25.5 Å². The van der Waals surface area contributed by atoms with Crippen LogP contribution in [0, 0.1) is 5.92 Å². The number of rotatable bonds is 5. The van der Waals surface area contributed by atoms with Crippen molar-refractivity contribution in [3.8, 4) is 0 Å². The molecule has 7 heteroatoms. The summed E-state index contributed by atoms with van der Waals surface area (Å²) in [6.07, 6.45) is 2.60. The molecule has 2 amide bonds. The van der Waals surface area contributed by atoms with Gasteiger partial charge in [0.25, 0.3) is 5.91 Å². The average molecular weight is 377 g/mol. The zero-order valence-corrected chi connectivity index (χ0v) is 15.7. The molecule has 3 N–H and O–H groups in total. The van der Waals surface area contributed by atoms with Crippen LogP contribution < -0.4 is 10.6 Å². The molecule has 7 nitrogen and oxygen atoms in total. The summed E-state index contributed by atoms with van der Waals surface area (Å²) < 4.78 is 0. The molecule has 1 aromatic heterocycles. The predicted molar refractivity (Wildman–Crippen MR) is 108 cm³/mol. The van der Waals surface area contributed by atoms with Crippen LogP contribution in [0.3, 0.4) is 0 Å². The van der Waals surface area contributed by atoms with Gasteiger partial charge < -0.3 is 10.6 Å². The van der Waals surface area contributed by atoms with Crippen molar-refractivity contribution in [1.82, 2.24) is 20.4 Å². The van der Waals surface area contributed by atoms with E-state index >= 15 is 0 Å². The van der Waals surface area contributed by atoms with Crippen molar-refractivity contribution in [2.45, 2.75) is 13.0 Å². The standard InChI is InChI=1S/C21H23N5O2/c1-22-20(27)16-7-8-26(13-16)12-14-3-2-4-15(9-14)21(28)24-18-5-6-19-17(10-18)11-23-25-19/h2-6,9-11,16H,7-8,12-13H2,1H3,(H,22,27)(H,23,25)(H,24,28)/t16-/m1/s1. The van der Waals surface area contributed by atoms with E-state index in [0.29, 0.717) is 5.56 Å². The maximum Gasteiger partial charge on any atom is 0.255 e. The zero-order valence-electron chi connectivity index (χ0n) is 15.7. The highest BCUT2D eigenvalue weighted by atomic mass is 16.2. The fraction of sp³-hybridized carbons (Fsp3) is 0.286. The minimum Gasteiger partial charge on any atom is -0.359 e. The number of hydrogen-bond donors (Lipinski definition) is 3. The van der Waals surface area contributed by atoms with Crippen LogP contribution in [0.1, 0.15) is 22.3 Å². The molecule has 0 radical (unpaired) electrons. The largest absolute Gasteiger partial charge is 0.359 e. The fourth-order valence-corrected chi connectivity index (χ4v) is 3.69. The second kappa shape index (κ2) is 7.82. The summed E-state index contributed by atoms with van der Waals surface area (Å²) in [5.74, 6) is 0.00823. The molecule has 3 aromatic rings. The van der Waals surface area contributed by atoms with Gasteiger partial charge in [0, 0.05) is 36.8 Å². The first-order valence-electron chi connectivity index (χ1n) is 9.40. The quantitative estimate of drug-likeness (QED) is 0.637. The van der Waals surface area contributed by atoms with Crippen molar-refractivity contribution in [3.05, 3.63) is 59.8 Å². The molecule has 1 fully saturated rings. The predicted octanol–water partition coefficient (Wildman–Crippen LogP) is 2.38. The normalized spacial score (nSPS) is 17.0. The molecule has 1 saturated heterocycles. The third kappa shape index (κ3) is 3.89. The molecule has 0 aliphatic carbocycles. The van der Waals surface area contributed by atoms with E-state index in [1.807, 2.05) is 42.5 Å². The molecule has 1 aliphatic rings. The first-order chi connectivity index (χ1) is 13.6. The Balaban J connectivity index is 1.41. The lowest BCUT2D eigenvalue weighted by atomic mass is 10.1. The van der Waals surface area contributed by atoms with Crippen LogP contribution >= 0.6 is 0 Å². The van der Waals surface area contributed by atoms with Gasteiger partial charge in [0.1, 0.15) is 0 Å². The SMILES string of the molecule is CNC(=O)[C@@H]1CCN(Cc2cccc(C(=O)Nc3ccc4[nH]ncc4c3)c2)C1. The van der Waals surface area contributed by atoms with Crippen molar-refractivity contribution in [3.63, 3.8) is 0 Å². The number of likely N-dealkylation sites (tertiary alicyclic amines) is 1. The molecule has 1 aliphatic heterocycles. The number of H-pyrrole nitrogens is 1. The summed E-state index contributed by atoms with van der Waals surface area (Å²) >= 11 is 0. The number of nitrogens with one attached hydrogen (secondary N) is 3. The number of carbonyl (C=O) groups is 2. The van der Waals surface area contributed by atoms with E-state index in [-0.39, 0.29) is 17.7 Å². The number of hydrogen-bond acceptors (Lipinski definition) is 4. The molecule has 28 heavy (non-hydrogen) atoms. The van der Waals surface area contributed by atoms with Gasteiger partial charge in [-0.25, -0.2) is 0 Å². The van der Waals surface area contributed by atoms with E-state index in [2.05, 4.69) is 25.7 Å². The third-order valence-corrected chi connectivity index (χ3v) is 5.18. The number of nitrogens with zero attached hydrogens (tertiary/aromatic N) is 2. The highest BCUT2D eigenvalue weighted by Gasteiger charge is 2.27. The van der Waals surface area contributed by atoms with Crippen LogP contribution in [0.15, 0.2) is 48.7 Å². The lowest BCUT2D eigenvalue weighted by Crippen LogP contribution is -2.30. The summed E-state index contributed by atoms with van der Waals surface area (Å²) in [5.41, 5.74) is 3.35. The minimum absolute atomic E-state index is 0.0503. The summed E-state index contributed by atoms with van der Waals surface area (Å²) in [4.78, 5) is 26.7. The summed E-state index contributed by atoms with van der Waals surface area (Å²) in [7, 11) is 1.68. The monoisotopic (exact) mass is 377 g/mol. The Morgan fingerprint density at radius 2 is 2.14 bits per heavy atom. The van der Waals surface area contributed by atoms with Crippen molar-refractivity contribution in [1.29, 1.82) is 0 Å². The van der Waals surface area contributed by atoms with Crippen LogP contribution in [0.5, 0.6) is 0 Å². The highest BCUT2D eigenvalue weighted by molar-refractivity contribution is 6.05. The van der Waals surface area contributed by atoms with Crippen molar-refractivity contribution in [2.24, 2.45) is 5.92 Å². The van der Waals surface area contributed by atoms with Crippen LogP contribution in [0.25, 0.3) is 10.9 Å². The lowest BCUT2D eigenvalue weighted by Gasteiger charge is -2.16. The van der Waals surface area contributed by atoms with Gasteiger partial charge in [-0.1, -0.05) is 12.1 Å². The van der Waals surface area contributed by atoms with E-state index in [0.717, 1.165) is 48.2 Å². The molecule has 4 rings (SSSR count). The second-order valence-electron chi connectivity index (χ2n) is 7.16. The fourth-order valence-electron chi connectivity index (χ4n) is 3.69. The number of aromatic amines is 1.